The average molecular weight is 559 g/mol. The number of carbonyl (C=O) groups is 1. The Bertz CT molecular complexity index is 1150. The minimum atomic E-state index is -1.74. The molecule has 3 atom stereocenters. The van der Waals surface area contributed by atoms with E-state index in [2.05, 4.69) is 25.8 Å². The second-order valence-corrected chi connectivity index (χ2v) is 13.5. The van der Waals surface area contributed by atoms with Crippen molar-refractivity contribution in [3.05, 3.63) is 57.6 Å². The molecule has 0 radical (unpaired) electrons. The third-order valence-electron chi connectivity index (χ3n) is 6.68. The van der Waals surface area contributed by atoms with E-state index in [0.717, 1.165) is 17.6 Å². The molecule has 0 aliphatic carbocycles. The summed E-state index contributed by atoms with van der Waals surface area (Å²) in [6.07, 6.45) is 3.65. The molecule has 39 heavy (non-hydrogen) atoms. The predicted molar refractivity (Wildman–Crippen MR) is 156 cm³/mol. The van der Waals surface area contributed by atoms with Gasteiger partial charge in [-0.2, -0.15) is 0 Å². The minimum Gasteiger partial charge on any atom is -0.496 e. The van der Waals surface area contributed by atoms with Crippen LogP contribution < -0.4 is 4.74 Å². The monoisotopic (exact) mass is 558 g/mol. The number of hydrogen-bond acceptors (Lipinski definition) is 7. The van der Waals surface area contributed by atoms with Crippen LogP contribution in [0.5, 0.6) is 5.75 Å². The summed E-state index contributed by atoms with van der Waals surface area (Å²) in [4.78, 5) is 20.6. The first-order chi connectivity index (χ1) is 18.1. The lowest BCUT2D eigenvalue weighted by Gasteiger charge is -2.45. The van der Waals surface area contributed by atoms with Gasteiger partial charge in [-0.05, 0) is 67.9 Å². The molecule has 216 valence electrons. The molecule has 1 unspecified atom stereocenters. The van der Waals surface area contributed by atoms with Crippen molar-refractivity contribution in [1.29, 1.82) is 0 Å². The van der Waals surface area contributed by atoms with Gasteiger partial charge < -0.3 is 19.3 Å². The highest BCUT2D eigenvalue weighted by atomic mass is 32.1. The molecule has 2 aromatic rings. The lowest BCUT2D eigenvalue weighted by atomic mass is 9.85. The number of aliphatic hydroxyl groups is 1. The van der Waals surface area contributed by atoms with E-state index in [1.54, 1.807) is 30.3 Å². The Balaban J connectivity index is 2.21. The highest BCUT2D eigenvalue weighted by Crippen LogP contribution is 2.47. The first-order valence-electron chi connectivity index (χ1n) is 13.7. The summed E-state index contributed by atoms with van der Waals surface area (Å²) in [7, 11) is 1.61. The van der Waals surface area contributed by atoms with Crippen LogP contribution in [0.1, 0.15) is 95.7 Å². The van der Waals surface area contributed by atoms with Gasteiger partial charge in [-0.1, -0.05) is 47.6 Å². The predicted octanol–water partition coefficient (Wildman–Crippen LogP) is 6.53. The van der Waals surface area contributed by atoms with Crippen molar-refractivity contribution in [2.45, 2.75) is 97.6 Å². The second kappa shape index (κ2) is 12.1. The zero-order valence-corrected chi connectivity index (χ0v) is 26.0. The lowest BCUT2D eigenvalue weighted by Crippen LogP contribution is -2.59. The fraction of sp³-hybridized carbons (Fsp3) is 0.613. The van der Waals surface area contributed by atoms with Gasteiger partial charge in [0.1, 0.15) is 22.9 Å². The molecule has 1 aliphatic rings. The van der Waals surface area contributed by atoms with E-state index in [4.69, 9.17) is 14.2 Å². The normalized spacial score (nSPS) is 20.9. The Labute approximate surface area is 238 Å². The number of rotatable bonds is 10. The highest BCUT2D eigenvalue weighted by Gasteiger charge is 2.55. The van der Waals surface area contributed by atoms with Gasteiger partial charge in [-0.25, -0.2) is 4.98 Å². The molecule has 1 N–H and O–H groups in total. The zero-order valence-electron chi connectivity index (χ0n) is 25.2. The molecule has 1 aromatic heterocycles. The quantitative estimate of drug-likeness (QED) is 0.264. The van der Waals surface area contributed by atoms with Crippen LogP contribution in [0.2, 0.25) is 0 Å². The molecule has 0 saturated heterocycles. The van der Waals surface area contributed by atoms with Crippen LogP contribution in [0, 0.1) is 5.92 Å². The topological polar surface area (TPSA) is 81.1 Å². The Hall–Kier alpha value is -2.26. The molecule has 0 spiro atoms. The van der Waals surface area contributed by atoms with E-state index in [9.17, 15) is 9.90 Å². The number of aromatic nitrogens is 1. The number of methoxy groups -OCH3 is 1. The van der Waals surface area contributed by atoms with Crippen LogP contribution in [-0.4, -0.2) is 58.7 Å². The van der Waals surface area contributed by atoms with Crippen LogP contribution >= 0.6 is 11.3 Å². The molecule has 3 rings (SSSR count). The van der Waals surface area contributed by atoms with E-state index < -0.39 is 23.5 Å². The van der Waals surface area contributed by atoms with Crippen molar-refractivity contribution in [2.75, 3.05) is 20.3 Å². The number of ether oxygens (including phenoxy) is 3. The van der Waals surface area contributed by atoms with Crippen molar-refractivity contribution in [1.82, 2.24) is 9.88 Å². The Morgan fingerprint density at radius 2 is 1.90 bits per heavy atom. The summed E-state index contributed by atoms with van der Waals surface area (Å²) in [6, 6.07) is 4.91. The molecular weight excluding hydrogens is 512 g/mol. The van der Waals surface area contributed by atoms with Gasteiger partial charge in [0.05, 0.1) is 19.3 Å². The van der Waals surface area contributed by atoms with Gasteiger partial charge in [-0.15, -0.1) is 11.3 Å². The summed E-state index contributed by atoms with van der Waals surface area (Å²) >= 11 is 1.45. The van der Waals surface area contributed by atoms with Gasteiger partial charge >= 0.3 is 0 Å². The Kier molecular flexibility index (Phi) is 9.69. The lowest BCUT2D eigenvalue weighted by molar-refractivity contribution is -0.200. The van der Waals surface area contributed by atoms with Crippen molar-refractivity contribution in [2.24, 2.45) is 5.92 Å². The standard InChI is InChI=1S/C31H46N2O5S/c1-11-15-37-19-22-18-31(35,26(20(2)3)38-30(7,8)9)33(25(22)27-32-14-16-39-27)28(34)21-12-13-23(29(4,5)6)24(17-21)36-10/h12-14,16-18,20,25-26,35H,11,15,19H2,1-10H3/t25-,26?,31+/m1/s1. The van der Waals surface area contributed by atoms with E-state index in [1.807, 2.05) is 59.1 Å². The molecule has 0 saturated carbocycles. The number of hydrogen-bond donors (Lipinski definition) is 1. The third kappa shape index (κ3) is 6.91. The molecule has 1 aromatic carbocycles. The van der Waals surface area contributed by atoms with Crippen LogP contribution in [-0.2, 0) is 14.9 Å². The van der Waals surface area contributed by atoms with Crippen molar-refractivity contribution >= 4 is 17.2 Å². The number of amides is 1. The zero-order chi connectivity index (χ0) is 29.2. The Morgan fingerprint density at radius 3 is 2.41 bits per heavy atom. The average Bonchev–Trinajstić information content (AvgIpc) is 3.47. The minimum absolute atomic E-state index is 0.105. The molecule has 1 aliphatic heterocycles. The van der Waals surface area contributed by atoms with Crippen LogP contribution in [0.4, 0.5) is 0 Å². The third-order valence-corrected chi connectivity index (χ3v) is 7.50. The van der Waals surface area contributed by atoms with E-state index in [0.29, 0.717) is 22.9 Å². The molecule has 2 heterocycles. The summed E-state index contributed by atoms with van der Waals surface area (Å²) in [6.45, 7) is 19.1. The summed E-state index contributed by atoms with van der Waals surface area (Å²) in [5.41, 5.74) is -0.256. The maximum absolute atomic E-state index is 14.5. The molecular formula is C31H46N2O5S. The number of carbonyl (C=O) groups excluding carboxylic acids is 1. The summed E-state index contributed by atoms with van der Waals surface area (Å²) in [5.74, 6) is 0.195. The van der Waals surface area contributed by atoms with Crippen molar-refractivity contribution in [3.63, 3.8) is 0 Å². The maximum Gasteiger partial charge on any atom is 0.257 e. The Morgan fingerprint density at radius 1 is 1.21 bits per heavy atom. The van der Waals surface area contributed by atoms with Crippen molar-refractivity contribution in [3.8, 4) is 5.75 Å². The highest BCUT2D eigenvalue weighted by molar-refractivity contribution is 7.09. The van der Waals surface area contributed by atoms with Gasteiger partial charge in [0.15, 0.2) is 5.72 Å². The number of thiazole rings is 1. The van der Waals surface area contributed by atoms with Gasteiger partial charge in [-0.3, -0.25) is 9.69 Å². The first kappa shape index (κ1) is 31.3. The summed E-state index contributed by atoms with van der Waals surface area (Å²) in [5, 5.41) is 15.2. The number of benzene rings is 1. The first-order valence-corrected chi connectivity index (χ1v) is 14.6. The van der Waals surface area contributed by atoms with Gasteiger partial charge in [0, 0.05) is 23.7 Å². The van der Waals surface area contributed by atoms with E-state index >= 15 is 0 Å². The van der Waals surface area contributed by atoms with E-state index in [1.165, 1.54) is 11.3 Å². The number of nitrogens with zero attached hydrogens (tertiary/aromatic N) is 2. The molecule has 0 fully saturated rings. The smallest absolute Gasteiger partial charge is 0.257 e. The maximum atomic E-state index is 14.5. The molecule has 7 nitrogen and oxygen atoms in total. The van der Waals surface area contributed by atoms with Crippen molar-refractivity contribution < 1.29 is 24.1 Å². The fourth-order valence-electron chi connectivity index (χ4n) is 5.06. The van der Waals surface area contributed by atoms with Crippen LogP contribution in [0.15, 0.2) is 41.4 Å². The second-order valence-electron chi connectivity index (χ2n) is 12.6. The van der Waals surface area contributed by atoms with Gasteiger partial charge in [0.2, 0.25) is 0 Å². The SMILES string of the molecule is CCCOCC1=C[C@](O)(C(OC(C)(C)C)C(C)C)N(C(=O)c2ccc(C(C)(C)C)c(OC)c2)[C@H]1c1nccs1. The summed E-state index contributed by atoms with van der Waals surface area (Å²) < 4.78 is 18.1. The molecule has 1 amide bonds. The van der Waals surface area contributed by atoms with Crippen LogP contribution in [0.25, 0.3) is 0 Å². The van der Waals surface area contributed by atoms with Gasteiger partial charge in [0.25, 0.3) is 5.91 Å². The van der Waals surface area contributed by atoms with Crippen LogP contribution in [0.3, 0.4) is 0 Å². The largest absolute Gasteiger partial charge is 0.496 e. The molecule has 0 bridgehead atoms. The fourth-order valence-corrected chi connectivity index (χ4v) is 5.83. The van der Waals surface area contributed by atoms with E-state index in [-0.39, 0.29) is 23.8 Å². The molecule has 8 heteroatoms.